The van der Waals surface area contributed by atoms with E-state index in [0.717, 1.165) is 0 Å². The van der Waals surface area contributed by atoms with Gasteiger partial charge in [0, 0.05) is 6.54 Å². The van der Waals surface area contributed by atoms with Gasteiger partial charge in [-0.05, 0) is 34.6 Å². The normalized spacial score (nSPS) is 23.0. The summed E-state index contributed by atoms with van der Waals surface area (Å²) in [4.78, 5) is 36.6. The number of nitrogens with one attached hydrogen (secondary N) is 2. The van der Waals surface area contributed by atoms with Crippen LogP contribution in [0.3, 0.4) is 0 Å². The number of aliphatic hydroxyl groups is 1. The number of nitrogens with zero attached hydrogens (tertiary/aromatic N) is 3. The van der Waals surface area contributed by atoms with Crippen molar-refractivity contribution in [1.82, 2.24) is 19.5 Å². The molecule has 1 unspecified atom stereocenters. The minimum absolute atomic E-state index is 0.0632. The van der Waals surface area contributed by atoms with Gasteiger partial charge in [-0.15, -0.1) is 5.54 Å². The fourth-order valence-corrected chi connectivity index (χ4v) is 11.0. The predicted molar refractivity (Wildman–Crippen MR) is 180 cm³/mol. The molecule has 0 amide bonds. The summed E-state index contributed by atoms with van der Waals surface area (Å²) in [5.41, 5.74) is 3.32. The zero-order valence-electron chi connectivity index (χ0n) is 28.5. The van der Waals surface area contributed by atoms with Crippen molar-refractivity contribution in [3.05, 3.63) is 16.7 Å². The Balaban J connectivity index is 2.21. The molecule has 1 fully saturated rings. The molecule has 0 aromatic carbocycles. The number of H-pyrrole nitrogens is 1. The molecule has 4 N–H and O–H groups in total. The zero-order chi connectivity index (χ0) is 33.2. The van der Waals surface area contributed by atoms with Crippen LogP contribution in [0.2, 0.25) is 35.3 Å². The van der Waals surface area contributed by atoms with E-state index in [1.165, 1.54) is 10.9 Å². The Morgan fingerprint density at radius 1 is 1.14 bits per heavy atom. The maximum absolute atomic E-state index is 13.0. The molecule has 0 bridgehead atoms. The number of hydrogen-bond donors (Lipinski definition) is 4. The molecular formula is C30H53N5O6Si3. The number of aromatic amines is 1. The van der Waals surface area contributed by atoms with Crippen LogP contribution in [-0.4, -0.2) is 81.2 Å². The topological polar surface area (TPSA) is 144 Å². The van der Waals surface area contributed by atoms with Crippen LogP contribution in [-0.2, 0) is 19.5 Å². The van der Waals surface area contributed by atoms with Gasteiger partial charge in [0.25, 0.3) is 11.5 Å². The summed E-state index contributed by atoms with van der Waals surface area (Å²) in [5, 5.41) is 15.7. The monoisotopic (exact) mass is 663 g/mol. The number of rotatable bonds is 13. The Hall–Kier alpha value is -1.84. The van der Waals surface area contributed by atoms with Gasteiger partial charge in [0.15, 0.2) is 19.5 Å². The van der Waals surface area contributed by atoms with Crippen molar-refractivity contribution in [2.45, 2.75) is 123 Å². The first-order chi connectivity index (χ1) is 20.4. The van der Waals surface area contributed by atoms with Crippen molar-refractivity contribution in [1.29, 1.82) is 0 Å². The van der Waals surface area contributed by atoms with Gasteiger partial charge in [-0.3, -0.25) is 14.3 Å². The van der Waals surface area contributed by atoms with Gasteiger partial charge in [0.1, 0.15) is 27.9 Å². The largest absolute Gasteiger partial charge is 0.414 e. The molecule has 2 radical (unpaired) electrons. The van der Waals surface area contributed by atoms with E-state index < -0.39 is 46.5 Å². The van der Waals surface area contributed by atoms with Crippen LogP contribution >= 0.6 is 0 Å². The fourth-order valence-electron chi connectivity index (χ4n) is 5.54. The first-order valence-corrected chi connectivity index (χ1v) is 21.8. The highest BCUT2D eigenvalue weighted by Crippen LogP contribution is 2.45. The average Bonchev–Trinajstić information content (AvgIpc) is 3.48. The van der Waals surface area contributed by atoms with E-state index in [9.17, 15) is 14.7 Å². The Kier molecular flexibility index (Phi) is 11.9. The molecule has 1 aliphatic heterocycles. The van der Waals surface area contributed by atoms with Crippen LogP contribution in [0.15, 0.2) is 11.1 Å². The van der Waals surface area contributed by atoms with E-state index in [-0.39, 0.29) is 44.3 Å². The molecule has 1 saturated heterocycles. The van der Waals surface area contributed by atoms with Gasteiger partial charge in [0.05, 0.1) is 12.7 Å². The standard InChI is InChI=1S/C30H53N5O6Si3/c1-18(2)15-31-29-33-27-25(28(36)34-29)32-17-35(27)30(37)23(13-14-42-11)26(41-44(38,21(7)8)22(9)10)24(40-30)16-39-43(12,19(3)4)20(5)6/h17-24,26,37-38H,15-16H2,1-12H3,(H2,31,33,34,36)/t23?,24-,26-,30-/m1/s1. The number of hydrogen-bond acceptors (Lipinski definition) is 9. The molecule has 44 heavy (non-hydrogen) atoms. The Morgan fingerprint density at radius 3 is 2.27 bits per heavy atom. The highest BCUT2D eigenvalue weighted by molar-refractivity contribution is 6.75. The molecule has 3 rings (SSSR count). The van der Waals surface area contributed by atoms with E-state index in [4.69, 9.17) is 13.6 Å². The highest BCUT2D eigenvalue weighted by atomic mass is 28.4. The van der Waals surface area contributed by atoms with Gasteiger partial charge >= 0.3 is 8.56 Å². The van der Waals surface area contributed by atoms with E-state index in [0.29, 0.717) is 23.5 Å². The second-order valence-corrected chi connectivity index (χ2v) is 23.5. The maximum Gasteiger partial charge on any atom is 0.341 e. The van der Waals surface area contributed by atoms with Crippen molar-refractivity contribution < 1.29 is 23.5 Å². The van der Waals surface area contributed by atoms with Crippen molar-refractivity contribution in [2.75, 3.05) is 18.5 Å². The van der Waals surface area contributed by atoms with Crippen molar-refractivity contribution in [3.63, 3.8) is 0 Å². The summed E-state index contributed by atoms with van der Waals surface area (Å²) in [7, 11) is -5.30. The molecule has 0 saturated carbocycles. The van der Waals surface area contributed by atoms with Gasteiger partial charge in [-0.2, -0.15) is 4.98 Å². The van der Waals surface area contributed by atoms with Crippen molar-refractivity contribution in [2.24, 2.45) is 11.8 Å². The lowest BCUT2D eigenvalue weighted by Crippen LogP contribution is -2.53. The average molecular weight is 664 g/mol. The zero-order valence-corrected chi connectivity index (χ0v) is 31.5. The number of imidazole rings is 1. The molecule has 11 nitrogen and oxygen atoms in total. The lowest BCUT2D eigenvalue weighted by Gasteiger charge is -2.39. The number of fused-ring (bicyclic) bond motifs is 1. The Morgan fingerprint density at radius 2 is 1.75 bits per heavy atom. The van der Waals surface area contributed by atoms with Crippen LogP contribution in [0.5, 0.6) is 0 Å². The quantitative estimate of drug-likeness (QED) is 0.179. The number of aromatic nitrogens is 4. The minimum atomic E-state index is -3.36. The second kappa shape index (κ2) is 14.3. The molecule has 4 atom stereocenters. The van der Waals surface area contributed by atoms with Gasteiger partial charge in [-0.25, -0.2) is 4.98 Å². The number of ether oxygens (including phenoxy) is 1. The highest BCUT2D eigenvalue weighted by Gasteiger charge is 2.60. The second-order valence-electron chi connectivity index (χ2n) is 13.7. The molecule has 14 heteroatoms. The third-order valence-electron chi connectivity index (χ3n) is 9.04. The lowest BCUT2D eigenvalue weighted by atomic mass is 9.99. The minimum Gasteiger partial charge on any atom is -0.414 e. The smallest absolute Gasteiger partial charge is 0.341 e. The molecular weight excluding hydrogens is 611 g/mol. The summed E-state index contributed by atoms with van der Waals surface area (Å²) >= 11 is 0. The van der Waals surface area contributed by atoms with Crippen molar-refractivity contribution >= 4 is 43.5 Å². The molecule has 0 spiro atoms. The SMILES string of the molecule is C[Si]C#CC1[C@@H](O[Si](O)(C(C)C)C(C)C)[C@@H](CO[Si](C)(C(C)C)C(C)C)O[C@@]1(O)n1cnc2c(=O)[nH]c(NCC(C)C)nc21. The molecule has 1 aliphatic rings. The van der Waals surface area contributed by atoms with Gasteiger partial charge < -0.3 is 28.8 Å². The van der Waals surface area contributed by atoms with Crippen LogP contribution in [0.4, 0.5) is 5.95 Å². The molecule has 0 aliphatic carbocycles. The lowest BCUT2D eigenvalue weighted by molar-refractivity contribution is -0.265. The summed E-state index contributed by atoms with van der Waals surface area (Å²) < 4.78 is 21.4. The summed E-state index contributed by atoms with van der Waals surface area (Å²) in [6.07, 6.45) is -0.225. The summed E-state index contributed by atoms with van der Waals surface area (Å²) in [6, 6.07) is 0. The summed E-state index contributed by atoms with van der Waals surface area (Å²) in [5.74, 6) is 0.759. The van der Waals surface area contributed by atoms with Crippen molar-refractivity contribution in [3.8, 4) is 11.5 Å². The molecule has 246 valence electrons. The van der Waals surface area contributed by atoms with E-state index in [1.54, 1.807) is 0 Å². The first-order valence-electron chi connectivity index (χ1n) is 15.8. The van der Waals surface area contributed by atoms with Crippen LogP contribution in [0.1, 0.15) is 69.2 Å². The van der Waals surface area contributed by atoms with Gasteiger partial charge in [-0.1, -0.05) is 81.7 Å². The van der Waals surface area contributed by atoms with E-state index >= 15 is 0 Å². The molecule has 2 aromatic heterocycles. The van der Waals surface area contributed by atoms with Gasteiger partial charge in [0.2, 0.25) is 5.95 Å². The molecule has 2 aromatic rings. The molecule has 3 heterocycles. The van der Waals surface area contributed by atoms with Crippen LogP contribution in [0.25, 0.3) is 11.2 Å². The van der Waals surface area contributed by atoms with Crippen LogP contribution in [0, 0.1) is 23.3 Å². The maximum atomic E-state index is 13.0. The fraction of sp³-hybridized carbons (Fsp3) is 0.767. The third kappa shape index (κ3) is 7.25. The Bertz CT molecular complexity index is 1370. The Labute approximate surface area is 267 Å². The predicted octanol–water partition coefficient (Wildman–Crippen LogP) is 4.57. The van der Waals surface area contributed by atoms with E-state index in [1.807, 2.05) is 48.1 Å². The summed E-state index contributed by atoms with van der Waals surface area (Å²) in [6.45, 7) is 25.6. The first kappa shape index (κ1) is 36.6. The van der Waals surface area contributed by atoms with Crippen LogP contribution < -0.4 is 10.9 Å². The van der Waals surface area contributed by atoms with E-state index in [2.05, 4.69) is 66.0 Å². The third-order valence-corrected chi connectivity index (χ3v) is 18.8. The number of anilines is 1.